The minimum absolute atomic E-state index is 0.102. The van der Waals surface area contributed by atoms with Crippen molar-refractivity contribution in [1.29, 1.82) is 0 Å². The maximum absolute atomic E-state index is 13.4. The van der Waals surface area contributed by atoms with Crippen molar-refractivity contribution in [2.24, 2.45) is 0 Å². The van der Waals surface area contributed by atoms with Crippen LogP contribution in [0.15, 0.2) is 18.2 Å². The van der Waals surface area contributed by atoms with Crippen LogP contribution >= 0.6 is 11.8 Å². The number of hydrogen-bond acceptors (Lipinski definition) is 2. The third-order valence-electron chi connectivity index (χ3n) is 2.54. The van der Waals surface area contributed by atoms with Gasteiger partial charge in [0.15, 0.2) is 0 Å². The van der Waals surface area contributed by atoms with Crippen LogP contribution < -0.4 is 5.32 Å². The molecule has 0 aromatic heterocycles. The van der Waals surface area contributed by atoms with Gasteiger partial charge in [0.25, 0.3) is 0 Å². The number of rotatable bonds is 5. The van der Waals surface area contributed by atoms with E-state index in [1.54, 1.807) is 11.8 Å². The second kappa shape index (κ2) is 6.21. The summed E-state index contributed by atoms with van der Waals surface area (Å²) >= 11 is 1.75. The predicted molar refractivity (Wildman–Crippen MR) is 65.8 cm³/mol. The fraction of sp³-hybridized carbons (Fsp3) is 0.500. The highest BCUT2D eigenvalue weighted by Gasteiger charge is 2.11. The molecule has 0 saturated carbocycles. The minimum Gasteiger partial charge on any atom is -0.309 e. The zero-order valence-corrected chi connectivity index (χ0v) is 10.6. The van der Waals surface area contributed by atoms with Gasteiger partial charge in [0, 0.05) is 29.5 Å². The van der Waals surface area contributed by atoms with E-state index < -0.39 is 11.6 Å². The third-order valence-corrected chi connectivity index (χ3v) is 3.51. The molecule has 0 aliphatic carbocycles. The zero-order chi connectivity index (χ0) is 12.1. The first-order valence-electron chi connectivity index (χ1n) is 5.25. The molecule has 0 aliphatic rings. The molecule has 1 nitrogen and oxygen atoms in total. The van der Waals surface area contributed by atoms with Gasteiger partial charge in [-0.2, -0.15) is 11.8 Å². The van der Waals surface area contributed by atoms with E-state index in [-0.39, 0.29) is 6.04 Å². The summed E-state index contributed by atoms with van der Waals surface area (Å²) in [4.78, 5) is 0. The summed E-state index contributed by atoms with van der Waals surface area (Å²) in [6.45, 7) is 4.79. The van der Waals surface area contributed by atoms with Crippen molar-refractivity contribution in [2.75, 3.05) is 12.8 Å². The molecule has 0 fully saturated rings. The van der Waals surface area contributed by atoms with E-state index in [0.29, 0.717) is 10.8 Å². The molecule has 16 heavy (non-hydrogen) atoms. The molecule has 4 heteroatoms. The van der Waals surface area contributed by atoms with Crippen molar-refractivity contribution >= 4 is 11.8 Å². The van der Waals surface area contributed by atoms with Crippen molar-refractivity contribution in [3.05, 3.63) is 35.4 Å². The predicted octanol–water partition coefficient (Wildman–Crippen LogP) is 3.37. The van der Waals surface area contributed by atoms with E-state index in [4.69, 9.17) is 0 Å². The van der Waals surface area contributed by atoms with Gasteiger partial charge in [-0.1, -0.05) is 13.0 Å². The van der Waals surface area contributed by atoms with Gasteiger partial charge >= 0.3 is 0 Å². The Balaban J connectivity index is 2.62. The summed E-state index contributed by atoms with van der Waals surface area (Å²) in [6, 6.07) is 3.60. The Hall–Kier alpha value is -0.610. The fourth-order valence-electron chi connectivity index (χ4n) is 1.39. The van der Waals surface area contributed by atoms with Crippen LogP contribution in [0.5, 0.6) is 0 Å². The summed E-state index contributed by atoms with van der Waals surface area (Å²) < 4.78 is 26.1. The molecule has 1 aromatic carbocycles. The normalized spacial score (nSPS) is 14.8. The fourth-order valence-corrected chi connectivity index (χ4v) is 1.65. The molecule has 0 radical (unpaired) electrons. The van der Waals surface area contributed by atoms with Gasteiger partial charge in [-0.25, -0.2) is 8.78 Å². The summed E-state index contributed by atoms with van der Waals surface area (Å²) in [5.41, 5.74) is 0.509. The van der Waals surface area contributed by atoms with Gasteiger partial charge < -0.3 is 5.32 Å². The Kier molecular flexibility index (Phi) is 5.22. The average molecular weight is 245 g/mol. The second-order valence-corrected chi connectivity index (χ2v) is 5.12. The molecule has 1 aromatic rings. The molecule has 0 bridgehead atoms. The quantitative estimate of drug-likeness (QED) is 0.853. The van der Waals surface area contributed by atoms with Crippen LogP contribution in [0.2, 0.25) is 0 Å². The number of nitrogens with one attached hydrogen (secondary N) is 1. The highest BCUT2D eigenvalue weighted by atomic mass is 32.2. The Morgan fingerprint density at radius 3 is 2.56 bits per heavy atom. The number of halogens is 2. The van der Waals surface area contributed by atoms with Crippen LogP contribution in [0.4, 0.5) is 8.78 Å². The van der Waals surface area contributed by atoms with E-state index in [9.17, 15) is 8.78 Å². The maximum atomic E-state index is 13.4. The summed E-state index contributed by atoms with van der Waals surface area (Å²) in [5.74, 6) is -1.03. The largest absolute Gasteiger partial charge is 0.309 e. The van der Waals surface area contributed by atoms with E-state index in [1.165, 1.54) is 12.1 Å². The Morgan fingerprint density at radius 2 is 2.00 bits per heavy atom. The van der Waals surface area contributed by atoms with E-state index in [0.717, 1.165) is 12.6 Å². The minimum atomic E-state index is -0.536. The van der Waals surface area contributed by atoms with Crippen LogP contribution in [-0.2, 0) is 0 Å². The SMILES string of the molecule is CSC(C)CNC(C)c1ccc(F)cc1F. The zero-order valence-electron chi connectivity index (χ0n) is 9.76. The summed E-state index contributed by atoms with van der Waals surface area (Å²) in [7, 11) is 0. The highest BCUT2D eigenvalue weighted by Crippen LogP contribution is 2.18. The van der Waals surface area contributed by atoms with Crippen LogP contribution in [0.3, 0.4) is 0 Å². The molecular formula is C12H17F2NS. The van der Waals surface area contributed by atoms with Gasteiger partial charge in [-0.05, 0) is 19.2 Å². The van der Waals surface area contributed by atoms with Gasteiger partial charge in [-0.3, -0.25) is 0 Å². The molecule has 0 saturated heterocycles. The summed E-state index contributed by atoms with van der Waals surface area (Å²) in [5, 5.41) is 3.70. The van der Waals surface area contributed by atoms with Gasteiger partial charge in [0.2, 0.25) is 0 Å². The van der Waals surface area contributed by atoms with E-state index in [2.05, 4.69) is 12.2 Å². The molecule has 0 spiro atoms. The average Bonchev–Trinajstić information content (AvgIpc) is 2.25. The number of thioether (sulfide) groups is 1. The Bertz CT molecular complexity index is 344. The van der Waals surface area contributed by atoms with Crippen LogP contribution in [0.1, 0.15) is 25.5 Å². The number of hydrogen-bond donors (Lipinski definition) is 1. The Labute approximate surface area is 99.6 Å². The second-order valence-electron chi connectivity index (χ2n) is 3.84. The van der Waals surface area contributed by atoms with Gasteiger partial charge in [-0.15, -0.1) is 0 Å². The topological polar surface area (TPSA) is 12.0 Å². The molecule has 90 valence electrons. The molecular weight excluding hydrogens is 228 g/mol. The van der Waals surface area contributed by atoms with E-state index in [1.807, 2.05) is 13.2 Å². The van der Waals surface area contributed by atoms with Gasteiger partial charge in [0.1, 0.15) is 11.6 Å². The molecule has 0 amide bonds. The van der Waals surface area contributed by atoms with Crippen LogP contribution in [0.25, 0.3) is 0 Å². The van der Waals surface area contributed by atoms with Gasteiger partial charge in [0.05, 0.1) is 0 Å². The monoisotopic (exact) mass is 245 g/mol. The number of benzene rings is 1. The standard InChI is InChI=1S/C12H17F2NS/c1-8(16-3)7-15-9(2)11-5-4-10(13)6-12(11)14/h4-6,8-9,15H,7H2,1-3H3. The highest BCUT2D eigenvalue weighted by molar-refractivity contribution is 7.99. The molecule has 1 rings (SSSR count). The van der Waals surface area contributed by atoms with E-state index >= 15 is 0 Å². The first-order valence-corrected chi connectivity index (χ1v) is 6.54. The van der Waals surface area contributed by atoms with Crippen molar-refractivity contribution in [2.45, 2.75) is 25.1 Å². The lowest BCUT2D eigenvalue weighted by Crippen LogP contribution is -2.26. The Morgan fingerprint density at radius 1 is 1.31 bits per heavy atom. The van der Waals surface area contributed by atoms with Crippen molar-refractivity contribution < 1.29 is 8.78 Å². The summed E-state index contributed by atoms with van der Waals surface area (Å²) in [6.07, 6.45) is 2.04. The molecule has 0 aliphatic heterocycles. The van der Waals surface area contributed by atoms with Crippen LogP contribution in [0, 0.1) is 11.6 Å². The maximum Gasteiger partial charge on any atom is 0.130 e. The molecule has 2 atom stereocenters. The molecule has 0 heterocycles. The van der Waals surface area contributed by atoms with Crippen molar-refractivity contribution in [3.8, 4) is 0 Å². The van der Waals surface area contributed by atoms with Crippen LogP contribution in [-0.4, -0.2) is 18.1 Å². The van der Waals surface area contributed by atoms with Crippen molar-refractivity contribution in [3.63, 3.8) is 0 Å². The molecule has 1 N–H and O–H groups in total. The van der Waals surface area contributed by atoms with Crippen molar-refractivity contribution in [1.82, 2.24) is 5.32 Å². The lowest BCUT2D eigenvalue weighted by atomic mass is 10.1. The smallest absolute Gasteiger partial charge is 0.130 e. The third kappa shape index (κ3) is 3.76. The first-order chi connectivity index (χ1) is 7.54. The molecule has 2 unspecified atom stereocenters. The lowest BCUT2D eigenvalue weighted by molar-refractivity contribution is 0.520. The first kappa shape index (κ1) is 13.5. The lowest BCUT2D eigenvalue weighted by Gasteiger charge is -2.17.